The number of unbranched alkanes of at least 4 members (excludes halogenated alkanes) is 9. The summed E-state index contributed by atoms with van der Waals surface area (Å²) in [6.07, 6.45) is 13.1. The standard InChI is InChI=1S/C20H34O3S.Na/c1-4-5-6-7-8-9-10-11-12-13-14-19-18(3)17(2)15-16-20(19)24(21,22)23;/h15-16H,4-14H2,1-3H3,(H,21,22,23);/q;+1/p-1. The Bertz CT molecular complexity index is 597. The molecule has 0 saturated carbocycles. The van der Waals surface area contributed by atoms with Crippen molar-refractivity contribution in [3.05, 3.63) is 28.8 Å². The summed E-state index contributed by atoms with van der Waals surface area (Å²) < 4.78 is 34.3. The first kappa shape index (κ1) is 25.1. The molecular formula is C20H33NaO3S. The molecule has 0 heterocycles. The van der Waals surface area contributed by atoms with Gasteiger partial charge >= 0.3 is 29.6 Å². The number of hydrogen-bond acceptors (Lipinski definition) is 3. The summed E-state index contributed by atoms with van der Waals surface area (Å²) in [5.74, 6) is 0. The molecule has 0 bridgehead atoms. The van der Waals surface area contributed by atoms with Crippen LogP contribution in [0.5, 0.6) is 0 Å². The zero-order valence-corrected chi connectivity index (χ0v) is 19.4. The van der Waals surface area contributed by atoms with Gasteiger partial charge < -0.3 is 4.55 Å². The van der Waals surface area contributed by atoms with Gasteiger partial charge in [-0.05, 0) is 49.4 Å². The molecule has 1 aromatic rings. The van der Waals surface area contributed by atoms with Crippen LogP contribution in [0.3, 0.4) is 0 Å². The van der Waals surface area contributed by atoms with E-state index in [1.54, 1.807) is 6.07 Å². The van der Waals surface area contributed by atoms with Crippen molar-refractivity contribution in [2.45, 2.75) is 96.3 Å². The topological polar surface area (TPSA) is 57.2 Å². The Labute approximate surface area is 177 Å². The SMILES string of the molecule is CCCCCCCCCCCCc1c(S(=O)(=O)[O-])ccc(C)c1C.[Na+]. The molecule has 0 aliphatic heterocycles. The number of hydrogen-bond donors (Lipinski definition) is 0. The van der Waals surface area contributed by atoms with Gasteiger partial charge in [0.2, 0.25) is 0 Å². The molecule has 0 N–H and O–H groups in total. The van der Waals surface area contributed by atoms with Crippen LogP contribution >= 0.6 is 0 Å². The molecule has 0 spiro atoms. The minimum Gasteiger partial charge on any atom is -0.744 e. The van der Waals surface area contributed by atoms with Crippen molar-refractivity contribution in [2.24, 2.45) is 0 Å². The van der Waals surface area contributed by atoms with Crippen LogP contribution in [-0.4, -0.2) is 13.0 Å². The maximum atomic E-state index is 11.4. The van der Waals surface area contributed by atoms with E-state index in [4.69, 9.17) is 0 Å². The molecule has 25 heavy (non-hydrogen) atoms. The summed E-state index contributed by atoms with van der Waals surface area (Å²) in [5.41, 5.74) is 2.72. The number of aryl methyl sites for hydroxylation is 1. The Morgan fingerprint density at radius 1 is 0.840 bits per heavy atom. The molecule has 0 amide bonds. The molecule has 0 unspecified atom stereocenters. The van der Waals surface area contributed by atoms with Gasteiger partial charge in [-0.15, -0.1) is 0 Å². The van der Waals surface area contributed by atoms with Gasteiger partial charge in [-0.2, -0.15) is 0 Å². The van der Waals surface area contributed by atoms with E-state index in [1.807, 2.05) is 13.8 Å². The van der Waals surface area contributed by atoms with Crippen LogP contribution in [-0.2, 0) is 16.5 Å². The van der Waals surface area contributed by atoms with Crippen molar-refractivity contribution >= 4 is 10.1 Å². The Morgan fingerprint density at radius 3 is 1.80 bits per heavy atom. The van der Waals surface area contributed by atoms with Gasteiger partial charge in [0, 0.05) is 0 Å². The Kier molecular flexibility index (Phi) is 13.4. The molecule has 3 nitrogen and oxygen atoms in total. The fourth-order valence-corrected chi connectivity index (χ4v) is 3.97. The van der Waals surface area contributed by atoms with Crippen molar-refractivity contribution in [3.63, 3.8) is 0 Å². The molecule has 0 aliphatic carbocycles. The average molecular weight is 377 g/mol. The summed E-state index contributed by atoms with van der Waals surface area (Å²) in [5, 5.41) is 0. The zero-order valence-electron chi connectivity index (χ0n) is 16.6. The summed E-state index contributed by atoms with van der Waals surface area (Å²) >= 11 is 0. The monoisotopic (exact) mass is 376 g/mol. The van der Waals surface area contributed by atoms with Crippen molar-refractivity contribution in [2.75, 3.05) is 0 Å². The summed E-state index contributed by atoms with van der Waals surface area (Å²) in [4.78, 5) is -0.0264. The fraction of sp³-hybridized carbons (Fsp3) is 0.700. The smallest absolute Gasteiger partial charge is 0.744 e. The minimum absolute atomic E-state index is 0. The zero-order chi connectivity index (χ0) is 18.0. The van der Waals surface area contributed by atoms with E-state index in [2.05, 4.69) is 6.92 Å². The van der Waals surface area contributed by atoms with E-state index in [0.717, 1.165) is 29.5 Å². The third-order valence-corrected chi connectivity index (χ3v) is 5.80. The van der Waals surface area contributed by atoms with Gasteiger partial charge in [-0.1, -0.05) is 70.8 Å². The number of rotatable bonds is 12. The van der Waals surface area contributed by atoms with Crippen LogP contribution in [0.2, 0.25) is 0 Å². The van der Waals surface area contributed by atoms with Gasteiger partial charge in [0.25, 0.3) is 0 Å². The van der Waals surface area contributed by atoms with Crippen LogP contribution in [0, 0.1) is 13.8 Å². The maximum absolute atomic E-state index is 11.4. The van der Waals surface area contributed by atoms with E-state index in [-0.39, 0.29) is 34.5 Å². The molecular weight excluding hydrogens is 343 g/mol. The van der Waals surface area contributed by atoms with Crippen LogP contribution < -0.4 is 29.6 Å². The van der Waals surface area contributed by atoms with Gasteiger partial charge in [0.05, 0.1) is 4.90 Å². The largest absolute Gasteiger partial charge is 1.00 e. The van der Waals surface area contributed by atoms with Gasteiger partial charge in [0.1, 0.15) is 10.1 Å². The van der Waals surface area contributed by atoms with E-state index in [0.29, 0.717) is 6.42 Å². The second kappa shape index (κ2) is 13.3. The fourth-order valence-electron chi connectivity index (χ4n) is 3.18. The maximum Gasteiger partial charge on any atom is 1.00 e. The van der Waals surface area contributed by atoms with Crippen LogP contribution in [0.4, 0.5) is 0 Å². The van der Waals surface area contributed by atoms with E-state index in [9.17, 15) is 13.0 Å². The van der Waals surface area contributed by atoms with Crippen LogP contribution in [0.1, 0.15) is 87.8 Å². The Balaban J connectivity index is 0.00000576. The molecule has 0 aromatic heterocycles. The molecule has 1 rings (SSSR count). The van der Waals surface area contributed by atoms with E-state index < -0.39 is 10.1 Å². The molecule has 138 valence electrons. The third-order valence-electron chi connectivity index (χ3n) is 4.88. The first-order valence-corrected chi connectivity index (χ1v) is 10.8. The molecule has 0 saturated heterocycles. The molecule has 1 aromatic carbocycles. The van der Waals surface area contributed by atoms with Crippen LogP contribution in [0.15, 0.2) is 17.0 Å². The first-order valence-electron chi connectivity index (χ1n) is 9.43. The first-order chi connectivity index (χ1) is 11.4. The predicted octanol–water partition coefficient (Wildman–Crippen LogP) is 2.67. The summed E-state index contributed by atoms with van der Waals surface area (Å²) in [6, 6.07) is 3.19. The second-order valence-corrected chi connectivity index (χ2v) is 8.22. The van der Waals surface area contributed by atoms with Crippen molar-refractivity contribution in [3.8, 4) is 0 Å². The minimum atomic E-state index is -4.39. The predicted molar refractivity (Wildman–Crippen MR) is 99.4 cm³/mol. The average Bonchev–Trinajstić information content (AvgIpc) is 2.51. The normalized spacial score (nSPS) is 11.4. The number of benzene rings is 1. The van der Waals surface area contributed by atoms with Gasteiger partial charge in [0.15, 0.2) is 0 Å². The Morgan fingerprint density at radius 2 is 1.32 bits per heavy atom. The second-order valence-electron chi connectivity index (χ2n) is 6.87. The molecule has 0 radical (unpaired) electrons. The summed E-state index contributed by atoms with van der Waals surface area (Å²) in [7, 11) is -4.39. The quantitative estimate of drug-likeness (QED) is 0.320. The van der Waals surface area contributed by atoms with Crippen molar-refractivity contribution < 1.29 is 42.5 Å². The van der Waals surface area contributed by atoms with E-state index in [1.165, 1.54) is 57.4 Å². The van der Waals surface area contributed by atoms with Crippen molar-refractivity contribution in [1.29, 1.82) is 0 Å². The van der Waals surface area contributed by atoms with Gasteiger partial charge in [-0.25, -0.2) is 8.42 Å². The van der Waals surface area contributed by atoms with Crippen molar-refractivity contribution in [1.82, 2.24) is 0 Å². The van der Waals surface area contributed by atoms with E-state index >= 15 is 0 Å². The molecule has 0 fully saturated rings. The van der Waals surface area contributed by atoms with Crippen LogP contribution in [0.25, 0.3) is 0 Å². The molecule has 0 aliphatic rings. The molecule has 5 heteroatoms. The van der Waals surface area contributed by atoms with Gasteiger partial charge in [-0.3, -0.25) is 0 Å². The third kappa shape index (κ3) is 9.58. The summed E-state index contributed by atoms with van der Waals surface area (Å²) in [6.45, 7) is 6.10. The molecule has 0 atom stereocenters. The Hall–Kier alpha value is 0.130.